The number of hydrogen-bond donors (Lipinski definition) is 2. The Balaban J connectivity index is 1.79. The van der Waals surface area contributed by atoms with Crippen LogP contribution in [0.25, 0.3) is 0 Å². The molecule has 0 aromatic carbocycles. The third kappa shape index (κ3) is 3.80. The average molecular weight is 251 g/mol. The van der Waals surface area contributed by atoms with Gasteiger partial charge in [-0.15, -0.1) is 5.10 Å². The van der Waals surface area contributed by atoms with E-state index in [9.17, 15) is 4.79 Å². The molecule has 1 amide bonds. The fraction of sp³-hybridized carbons (Fsp3) is 0.750. The molecule has 1 unspecified atom stereocenters. The molecule has 1 fully saturated rings. The van der Waals surface area contributed by atoms with Crippen LogP contribution in [0.15, 0.2) is 6.20 Å². The van der Waals surface area contributed by atoms with Crippen molar-refractivity contribution in [2.24, 2.45) is 11.7 Å². The molecule has 0 radical (unpaired) electrons. The van der Waals surface area contributed by atoms with Gasteiger partial charge in [0.2, 0.25) is 5.91 Å². The Morgan fingerprint density at radius 2 is 2.44 bits per heavy atom. The number of rotatable bonds is 7. The summed E-state index contributed by atoms with van der Waals surface area (Å²) in [5.41, 5.74) is 6.70. The van der Waals surface area contributed by atoms with Crippen LogP contribution in [0.4, 0.5) is 0 Å². The van der Waals surface area contributed by atoms with Gasteiger partial charge in [0, 0.05) is 6.54 Å². The van der Waals surface area contributed by atoms with Crippen molar-refractivity contribution in [3.8, 4) is 0 Å². The van der Waals surface area contributed by atoms with Crippen molar-refractivity contribution in [3.63, 3.8) is 0 Å². The lowest BCUT2D eigenvalue weighted by molar-refractivity contribution is -0.121. The first-order valence-electron chi connectivity index (χ1n) is 6.61. The summed E-state index contributed by atoms with van der Waals surface area (Å²) in [7, 11) is 0. The van der Waals surface area contributed by atoms with E-state index in [2.05, 4.69) is 22.6 Å². The Labute approximate surface area is 107 Å². The molecule has 6 heteroatoms. The van der Waals surface area contributed by atoms with Gasteiger partial charge in [-0.3, -0.25) is 4.79 Å². The van der Waals surface area contributed by atoms with E-state index in [-0.39, 0.29) is 18.5 Å². The molecule has 1 atom stereocenters. The standard InChI is InChI=1S/C12H21N5O/c1-2-3-10(13)11-7-17(16-15-11)8-12(18)14-6-9-4-5-9/h7,9-10H,2-6,8,13H2,1H3,(H,14,18). The lowest BCUT2D eigenvalue weighted by atomic mass is 10.1. The molecule has 0 bridgehead atoms. The van der Waals surface area contributed by atoms with Crippen molar-refractivity contribution in [3.05, 3.63) is 11.9 Å². The van der Waals surface area contributed by atoms with Gasteiger partial charge in [-0.1, -0.05) is 18.6 Å². The number of carbonyl (C=O) groups excluding carboxylic acids is 1. The first kappa shape index (κ1) is 13.0. The Kier molecular flexibility index (Phi) is 4.30. The van der Waals surface area contributed by atoms with Crippen molar-refractivity contribution in [2.75, 3.05) is 6.54 Å². The molecule has 0 spiro atoms. The predicted molar refractivity (Wildman–Crippen MR) is 67.6 cm³/mol. The topological polar surface area (TPSA) is 85.8 Å². The second-order valence-electron chi connectivity index (χ2n) is 4.98. The van der Waals surface area contributed by atoms with Gasteiger partial charge < -0.3 is 11.1 Å². The predicted octanol–water partition coefficient (Wildman–Crippen LogP) is 0.604. The van der Waals surface area contributed by atoms with Crippen LogP contribution in [0.1, 0.15) is 44.3 Å². The molecule has 1 aliphatic carbocycles. The van der Waals surface area contributed by atoms with Gasteiger partial charge in [0.15, 0.2) is 0 Å². The van der Waals surface area contributed by atoms with E-state index in [0.717, 1.165) is 25.1 Å². The number of carbonyl (C=O) groups is 1. The summed E-state index contributed by atoms with van der Waals surface area (Å²) in [6.07, 6.45) is 6.12. The molecular formula is C12H21N5O. The molecule has 6 nitrogen and oxygen atoms in total. The van der Waals surface area contributed by atoms with E-state index < -0.39 is 0 Å². The fourth-order valence-electron chi connectivity index (χ4n) is 1.80. The van der Waals surface area contributed by atoms with Gasteiger partial charge in [-0.2, -0.15) is 0 Å². The van der Waals surface area contributed by atoms with Gasteiger partial charge >= 0.3 is 0 Å². The highest BCUT2D eigenvalue weighted by molar-refractivity contribution is 5.75. The van der Waals surface area contributed by atoms with Crippen LogP contribution in [0.2, 0.25) is 0 Å². The molecule has 1 saturated carbocycles. The molecule has 1 aromatic rings. The first-order chi connectivity index (χ1) is 8.69. The summed E-state index contributed by atoms with van der Waals surface area (Å²) in [4.78, 5) is 11.6. The molecule has 1 aromatic heterocycles. The smallest absolute Gasteiger partial charge is 0.241 e. The fourth-order valence-corrected chi connectivity index (χ4v) is 1.80. The number of nitrogens with one attached hydrogen (secondary N) is 1. The summed E-state index contributed by atoms with van der Waals surface area (Å²) >= 11 is 0. The molecule has 0 aliphatic heterocycles. The second-order valence-corrected chi connectivity index (χ2v) is 4.98. The normalized spacial score (nSPS) is 16.6. The van der Waals surface area contributed by atoms with Crippen molar-refractivity contribution in [1.29, 1.82) is 0 Å². The van der Waals surface area contributed by atoms with Crippen LogP contribution in [0.3, 0.4) is 0 Å². The lowest BCUT2D eigenvalue weighted by Gasteiger charge is -2.05. The average Bonchev–Trinajstić information content (AvgIpc) is 3.06. The Bertz CT molecular complexity index is 399. The van der Waals surface area contributed by atoms with Crippen LogP contribution in [0.5, 0.6) is 0 Å². The number of nitrogens with zero attached hydrogens (tertiary/aromatic N) is 3. The van der Waals surface area contributed by atoms with Crippen LogP contribution < -0.4 is 11.1 Å². The lowest BCUT2D eigenvalue weighted by Crippen LogP contribution is -2.29. The van der Waals surface area contributed by atoms with Gasteiger partial charge in [0.1, 0.15) is 6.54 Å². The third-order valence-corrected chi connectivity index (χ3v) is 3.13. The second kappa shape index (κ2) is 5.95. The number of amides is 1. The maximum Gasteiger partial charge on any atom is 0.241 e. The molecule has 1 heterocycles. The quantitative estimate of drug-likeness (QED) is 0.743. The molecule has 3 N–H and O–H groups in total. The molecule has 1 aliphatic rings. The van der Waals surface area contributed by atoms with Gasteiger partial charge in [0.25, 0.3) is 0 Å². The van der Waals surface area contributed by atoms with Crippen LogP contribution in [-0.4, -0.2) is 27.4 Å². The van der Waals surface area contributed by atoms with Crippen LogP contribution in [-0.2, 0) is 11.3 Å². The van der Waals surface area contributed by atoms with E-state index in [1.165, 1.54) is 12.8 Å². The minimum absolute atomic E-state index is 0.0117. The number of nitrogens with two attached hydrogens (primary N) is 1. The molecule has 18 heavy (non-hydrogen) atoms. The van der Waals surface area contributed by atoms with Crippen molar-refractivity contribution in [2.45, 2.75) is 45.2 Å². The zero-order valence-electron chi connectivity index (χ0n) is 10.8. The van der Waals surface area contributed by atoms with E-state index in [4.69, 9.17) is 5.73 Å². The maximum atomic E-state index is 11.6. The zero-order valence-corrected chi connectivity index (χ0v) is 10.8. The largest absolute Gasteiger partial charge is 0.354 e. The third-order valence-electron chi connectivity index (χ3n) is 3.13. The van der Waals surface area contributed by atoms with Crippen molar-refractivity contribution in [1.82, 2.24) is 20.3 Å². The van der Waals surface area contributed by atoms with Gasteiger partial charge in [-0.05, 0) is 25.2 Å². The minimum Gasteiger partial charge on any atom is -0.354 e. The molecule has 2 rings (SSSR count). The van der Waals surface area contributed by atoms with Gasteiger partial charge in [-0.25, -0.2) is 4.68 Å². The summed E-state index contributed by atoms with van der Waals surface area (Å²) in [5.74, 6) is 0.681. The van der Waals surface area contributed by atoms with E-state index in [1.807, 2.05) is 0 Å². The van der Waals surface area contributed by atoms with E-state index >= 15 is 0 Å². The minimum atomic E-state index is -0.0849. The van der Waals surface area contributed by atoms with Crippen LogP contribution >= 0.6 is 0 Å². The van der Waals surface area contributed by atoms with Crippen molar-refractivity contribution >= 4 is 5.91 Å². The summed E-state index contributed by atoms with van der Waals surface area (Å²) in [5, 5.41) is 10.8. The highest BCUT2D eigenvalue weighted by Gasteiger charge is 2.21. The zero-order chi connectivity index (χ0) is 13.0. The Morgan fingerprint density at radius 1 is 1.67 bits per heavy atom. The van der Waals surface area contributed by atoms with Crippen LogP contribution in [0, 0.1) is 5.92 Å². The summed E-state index contributed by atoms with van der Waals surface area (Å²) < 4.78 is 1.55. The number of aromatic nitrogens is 3. The van der Waals surface area contributed by atoms with Crippen molar-refractivity contribution < 1.29 is 4.79 Å². The molecular weight excluding hydrogens is 230 g/mol. The number of hydrogen-bond acceptors (Lipinski definition) is 4. The Morgan fingerprint density at radius 3 is 3.11 bits per heavy atom. The van der Waals surface area contributed by atoms with E-state index in [0.29, 0.717) is 5.92 Å². The SMILES string of the molecule is CCCC(N)c1cn(CC(=O)NCC2CC2)nn1. The summed E-state index contributed by atoms with van der Waals surface area (Å²) in [6, 6.07) is -0.0849. The highest BCUT2D eigenvalue weighted by Crippen LogP contribution is 2.27. The maximum absolute atomic E-state index is 11.6. The van der Waals surface area contributed by atoms with Gasteiger partial charge in [0.05, 0.1) is 17.9 Å². The first-order valence-corrected chi connectivity index (χ1v) is 6.61. The Hall–Kier alpha value is -1.43. The monoisotopic (exact) mass is 251 g/mol. The summed E-state index contributed by atoms with van der Waals surface area (Å²) in [6.45, 7) is 3.09. The molecule has 100 valence electrons. The highest BCUT2D eigenvalue weighted by atomic mass is 16.2. The van der Waals surface area contributed by atoms with E-state index in [1.54, 1.807) is 10.9 Å². The molecule has 0 saturated heterocycles.